The predicted octanol–water partition coefficient (Wildman–Crippen LogP) is 8.59. The molecule has 4 aliphatic rings. The Morgan fingerprint density at radius 2 is 1.08 bits per heavy atom. The summed E-state index contributed by atoms with van der Waals surface area (Å²) < 4.78 is 0. The number of Topliss-reactive ketones (excluding diaryl/α,β-unsaturated/α-hetero) is 1. The maximum absolute atomic E-state index is 12.9. The minimum Gasteiger partial charge on any atom is -0.371 e. The fraction of sp³-hybridized carbons (Fsp3) is 0.513. The van der Waals surface area contributed by atoms with Gasteiger partial charge in [-0.25, -0.2) is 9.97 Å². The van der Waals surface area contributed by atoms with Crippen molar-refractivity contribution < 1.29 is 4.79 Å². The van der Waals surface area contributed by atoms with Gasteiger partial charge in [0.05, 0.1) is 17.5 Å². The normalized spacial score (nSPS) is 18.2. The molecule has 48 heavy (non-hydrogen) atoms. The van der Waals surface area contributed by atoms with Crippen molar-refractivity contribution in [1.29, 1.82) is 0 Å². The van der Waals surface area contributed by atoms with E-state index in [1.54, 1.807) is 6.20 Å². The number of fused-ring (bicyclic) bond motifs is 1. The summed E-state index contributed by atoms with van der Waals surface area (Å²) in [7, 11) is 0. The highest BCUT2D eigenvalue weighted by Crippen LogP contribution is 2.35. The molecule has 0 aliphatic carbocycles. The van der Waals surface area contributed by atoms with Gasteiger partial charge in [0, 0.05) is 97.3 Å². The molecule has 4 fully saturated rings. The van der Waals surface area contributed by atoms with Gasteiger partial charge in [0.15, 0.2) is 11.4 Å². The third-order valence-electron chi connectivity index (χ3n) is 10.3. The summed E-state index contributed by atoms with van der Waals surface area (Å²) in [6, 6.07) is 13.3. The van der Waals surface area contributed by atoms with Crippen LogP contribution in [0.5, 0.6) is 0 Å². The van der Waals surface area contributed by atoms with Gasteiger partial charge in [0.2, 0.25) is 0 Å². The number of hydrogen-bond donors (Lipinski definition) is 1. The van der Waals surface area contributed by atoms with Crippen LogP contribution in [0.3, 0.4) is 0 Å². The van der Waals surface area contributed by atoms with Crippen molar-refractivity contribution in [3.05, 3.63) is 59.4 Å². The van der Waals surface area contributed by atoms with Crippen LogP contribution in [0.25, 0.3) is 22.4 Å². The smallest absolute Gasteiger partial charge is 0.171 e. The number of benzene rings is 2. The molecule has 0 unspecified atom stereocenters. The third kappa shape index (κ3) is 7.14. The Bertz CT molecular complexity index is 1670. The highest BCUT2D eigenvalue weighted by Gasteiger charge is 2.27. The van der Waals surface area contributed by atoms with Gasteiger partial charge in [-0.05, 0) is 87.8 Å². The molecule has 9 heteroatoms. The molecule has 8 nitrogen and oxygen atoms in total. The molecule has 0 atom stereocenters. The monoisotopic (exact) mass is 667 g/mol. The van der Waals surface area contributed by atoms with E-state index < -0.39 is 5.41 Å². The van der Waals surface area contributed by atoms with Crippen LogP contribution in [0.1, 0.15) is 82.5 Å². The molecule has 6 heterocycles. The second kappa shape index (κ2) is 14.0. The van der Waals surface area contributed by atoms with E-state index in [4.69, 9.17) is 16.6 Å². The maximum atomic E-state index is 12.9. The Labute approximate surface area is 290 Å². The van der Waals surface area contributed by atoms with E-state index >= 15 is 0 Å². The Morgan fingerprint density at radius 3 is 1.50 bits per heavy atom. The minimum absolute atomic E-state index is 0.0776. The summed E-state index contributed by atoms with van der Waals surface area (Å²) in [4.78, 5) is 35.4. The number of carbonyl (C=O) groups is 1. The molecular formula is C39H50ClN7O. The first-order valence-corrected chi connectivity index (χ1v) is 18.5. The first kappa shape index (κ1) is 32.8. The van der Waals surface area contributed by atoms with Gasteiger partial charge in [0.1, 0.15) is 5.52 Å². The lowest BCUT2D eigenvalue weighted by atomic mass is 9.87. The summed E-state index contributed by atoms with van der Waals surface area (Å²) in [6.45, 7) is 15.0. The molecule has 4 aliphatic heterocycles. The number of nitrogens with zero attached hydrogens (tertiary/aromatic N) is 6. The van der Waals surface area contributed by atoms with Gasteiger partial charge < -0.3 is 24.6 Å². The van der Waals surface area contributed by atoms with E-state index in [-0.39, 0.29) is 5.78 Å². The summed E-state index contributed by atoms with van der Waals surface area (Å²) in [5.41, 5.74) is 8.48. The predicted molar refractivity (Wildman–Crippen MR) is 200 cm³/mol. The van der Waals surface area contributed by atoms with Gasteiger partial charge in [-0.3, -0.25) is 4.79 Å². The van der Waals surface area contributed by atoms with Crippen LogP contribution in [-0.4, -0.2) is 73.1 Å². The summed E-state index contributed by atoms with van der Waals surface area (Å²) in [5, 5.41) is 0.872. The van der Waals surface area contributed by atoms with Gasteiger partial charge in [-0.1, -0.05) is 32.4 Å². The standard InChI is InChI=1S/C25H31N5O.C14H19ClN2/c1-25(2,3)23(31)20-15-26-24-22(20)28-21(16-27-24)17-12-18(29-8-4-5-9-29)14-19(13-17)30-10-6-7-11-30;15-12-9-13(16-5-1-2-6-16)11-14(10-12)17-7-3-4-8-17/h12-16H,4-11H2,1-3H3,(H,26,27);9-11H,1-8H2. The largest absolute Gasteiger partial charge is 0.371 e. The molecule has 8 rings (SSSR count). The molecule has 2 aromatic carbocycles. The van der Waals surface area contributed by atoms with Crippen molar-refractivity contribution in [1.82, 2.24) is 15.0 Å². The van der Waals surface area contributed by atoms with Gasteiger partial charge in [0.25, 0.3) is 0 Å². The van der Waals surface area contributed by atoms with E-state index in [9.17, 15) is 4.79 Å². The van der Waals surface area contributed by atoms with Crippen LogP contribution in [0.2, 0.25) is 5.02 Å². The average molecular weight is 668 g/mol. The van der Waals surface area contributed by atoms with Crippen LogP contribution in [0, 0.1) is 5.41 Å². The first-order valence-electron chi connectivity index (χ1n) is 18.1. The summed E-state index contributed by atoms with van der Waals surface area (Å²) in [5.74, 6) is 0.0776. The molecule has 0 amide bonds. The van der Waals surface area contributed by atoms with Crippen molar-refractivity contribution in [2.75, 3.05) is 72.0 Å². The number of H-pyrrole nitrogens is 1. The number of nitrogens with one attached hydrogen (secondary N) is 1. The van der Waals surface area contributed by atoms with Gasteiger partial charge in [-0.2, -0.15) is 0 Å². The number of hydrogen-bond acceptors (Lipinski definition) is 7. The molecular weight excluding hydrogens is 618 g/mol. The lowest BCUT2D eigenvalue weighted by Gasteiger charge is -2.24. The first-order chi connectivity index (χ1) is 23.2. The van der Waals surface area contributed by atoms with Gasteiger partial charge in [-0.15, -0.1) is 0 Å². The van der Waals surface area contributed by atoms with Crippen LogP contribution < -0.4 is 19.6 Å². The lowest BCUT2D eigenvalue weighted by molar-refractivity contribution is 0.0860. The van der Waals surface area contributed by atoms with Crippen molar-refractivity contribution in [3.63, 3.8) is 0 Å². The highest BCUT2D eigenvalue weighted by atomic mass is 35.5. The fourth-order valence-corrected chi connectivity index (χ4v) is 7.76. The zero-order valence-corrected chi connectivity index (χ0v) is 29.7. The van der Waals surface area contributed by atoms with Crippen molar-refractivity contribution in [2.24, 2.45) is 5.41 Å². The second-order valence-corrected chi connectivity index (χ2v) is 15.4. The van der Waals surface area contributed by atoms with Crippen molar-refractivity contribution in [2.45, 2.75) is 72.1 Å². The van der Waals surface area contributed by atoms with E-state index in [1.807, 2.05) is 27.0 Å². The number of ketones is 1. The Hall–Kier alpha value is -3.78. The molecule has 0 radical (unpaired) electrons. The molecule has 4 saturated heterocycles. The number of anilines is 4. The zero-order chi connectivity index (χ0) is 33.3. The second-order valence-electron chi connectivity index (χ2n) is 14.9. The van der Waals surface area contributed by atoms with Gasteiger partial charge >= 0.3 is 0 Å². The Kier molecular flexibility index (Phi) is 9.54. The molecule has 4 aromatic rings. The summed E-state index contributed by atoms with van der Waals surface area (Å²) in [6.07, 6.45) is 13.8. The molecule has 0 spiro atoms. The van der Waals surface area contributed by atoms with Crippen LogP contribution in [0.4, 0.5) is 22.7 Å². The molecule has 0 bridgehead atoms. The maximum Gasteiger partial charge on any atom is 0.171 e. The topological polar surface area (TPSA) is 71.6 Å². The molecule has 1 N–H and O–H groups in total. The number of carbonyl (C=O) groups excluding carboxylic acids is 1. The molecule has 2 aromatic heterocycles. The molecule has 254 valence electrons. The lowest BCUT2D eigenvalue weighted by Crippen LogP contribution is -2.21. The summed E-state index contributed by atoms with van der Waals surface area (Å²) >= 11 is 6.25. The van der Waals surface area contributed by atoms with E-state index in [2.05, 4.69) is 66.0 Å². The van der Waals surface area contributed by atoms with Crippen LogP contribution in [0.15, 0.2) is 48.8 Å². The highest BCUT2D eigenvalue weighted by molar-refractivity contribution is 6.31. The van der Waals surface area contributed by atoms with E-state index in [0.717, 1.165) is 42.5 Å². The quantitative estimate of drug-likeness (QED) is 0.207. The average Bonchev–Trinajstić information content (AvgIpc) is 3.93. The number of aromatic amines is 1. The van der Waals surface area contributed by atoms with E-state index in [1.165, 1.54) is 100 Å². The fourth-order valence-electron chi connectivity index (χ4n) is 7.54. The number of halogens is 1. The minimum atomic E-state index is -0.467. The third-order valence-corrected chi connectivity index (χ3v) is 10.5. The van der Waals surface area contributed by atoms with E-state index in [0.29, 0.717) is 16.7 Å². The van der Waals surface area contributed by atoms with Crippen LogP contribution >= 0.6 is 11.6 Å². The Morgan fingerprint density at radius 1 is 0.667 bits per heavy atom. The number of aromatic nitrogens is 3. The molecule has 0 saturated carbocycles. The van der Waals surface area contributed by atoms with Crippen molar-refractivity contribution in [3.8, 4) is 11.3 Å². The Balaban J connectivity index is 0.000000180. The van der Waals surface area contributed by atoms with Crippen molar-refractivity contribution >= 4 is 51.3 Å². The SMILES string of the molecule is CC(C)(C)C(=O)c1c[nH]c2ncc(-c3cc(N4CCCC4)cc(N4CCCC4)c3)nc12.Clc1cc(N2CCCC2)cc(N2CCCC2)c1. The van der Waals surface area contributed by atoms with Crippen LogP contribution in [-0.2, 0) is 0 Å². The zero-order valence-electron chi connectivity index (χ0n) is 28.9. The number of rotatable bonds is 6.